The number of rotatable bonds is 7. The van der Waals surface area contributed by atoms with Gasteiger partial charge in [-0.2, -0.15) is 0 Å². The predicted molar refractivity (Wildman–Crippen MR) is 71.5 cm³/mol. The summed E-state index contributed by atoms with van der Waals surface area (Å²) in [6.07, 6.45) is 2.93. The lowest BCUT2D eigenvalue weighted by Crippen LogP contribution is -2.41. The average Bonchev–Trinajstić information content (AvgIpc) is 2.20. The summed E-state index contributed by atoms with van der Waals surface area (Å²) in [6.45, 7) is 15.2. The first-order valence-corrected chi connectivity index (χ1v) is 6.91. The van der Waals surface area contributed by atoms with Crippen molar-refractivity contribution in [2.75, 3.05) is 0 Å². The second-order valence-electron chi connectivity index (χ2n) is 5.64. The summed E-state index contributed by atoms with van der Waals surface area (Å²) < 4.78 is 0. The molecule has 96 valence electrons. The highest BCUT2D eigenvalue weighted by atomic mass is 16.1. The molecular weight excluding hydrogens is 196 g/mol. The van der Waals surface area contributed by atoms with E-state index in [4.69, 9.17) is 0 Å². The average molecular weight is 226 g/mol. The van der Waals surface area contributed by atoms with Gasteiger partial charge in [0.15, 0.2) is 0 Å². The second kappa shape index (κ2) is 6.42. The SMILES string of the molecule is CCC(C(=O)C(CC)(CC)C(C)C)C(C)C. The van der Waals surface area contributed by atoms with Gasteiger partial charge in [0.1, 0.15) is 5.78 Å². The van der Waals surface area contributed by atoms with Crippen LogP contribution in [-0.2, 0) is 4.79 Å². The first-order chi connectivity index (χ1) is 7.37. The van der Waals surface area contributed by atoms with Crippen LogP contribution in [0.2, 0.25) is 0 Å². The molecule has 0 N–H and O–H groups in total. The van der Waals surface area contributed by atoms with Crippen LogP contribution in [0.4, 0.5) is 0 Å². The van der Waals surface area contributed by atoms with E-state index in [9.17, 15) is 4.79 Å². The predicted octanol–water partition coefficient (Wildman–Crippen LogP) is 4.70. The van der Waals surface area contributed by atoms with E-state index in [-0.39, 0.29) is 11.3 Å². The molecule has 0 aliphatic carbocycles. The van der Waals surface area contributed by atoms with Crippen molar-refractivity contribution in [3.05, 3.63) is 0 Å². The minimum Gasteiger partial charge on any atom is -0.299 e. The van der Waals surface area contributed by atoms with Gasteiger partial charge in [-0.1, -0.05) is 48.5 Å². The van der Waals surface area contributed by atoms with E-state index in [1.54, 1.807) is 0 Å². The Hall–Kier alpha value is -0.330. The van der Waals surface area contributed by atoms with Crippen LogP contribution >= 0.6 is 0 Å². The first-order valence-electron chi connectivity index (χ1n) is 6.91. The summed E-state index contributed by atoms with van der Waals surface area (Å²) in [6, 6.07) is 0. The molecule has 0 radical (unpaired) electrons. The molecule has 0 aromatic rings. The zero-order chi connectivity index (χ0) is 12.9. The maximum Gasteiger partial charge on any atom is 0.142 e. The van der Waals surface area contributed by atoms with E-state index in [1.807, 2.05) is 0 Å². The minimum absolute atomic E-state index is 0.0923. The maximum absolute atomic E-state index is 12.7. The van der Waals surface area contributed by atoms with Crippen molar-refractivity contribution >= 4 is 5.78 Å². The lowest BCUT2D eigenvalue weighted by Gasteiger charge is -2.38. The van der Waals surface area contributed by atoms with Crippen molar-refractivity contribution in [1.29, 1.82) is 0 Å². The fourth-order valence-electron chi connectivity index (χ4n) is 3.03. The largest absolute Gasteiger partial charge is 0.299 e. The van der Waals surface area contributed by atoms with E-state index in [0.717, 1.165) is 19.3 Å². The van der Waals surface area contributed by atoms with Gasteiger partial charge in [-0.05, 0) is 31.1 Å². The van der Waals surface area contributed by atoms with E-state index in [1.165, 1.54) is 0 Å². The molecule has 0 rings (SSSR count). The molecule has 0 amide bonds. The number of hydrogen-bond donors (Lipinski definition) is 0. The molecule has 0 aromatic carbocycles. The van der Waals surface area contributed by atoms with Crippen molar-refractivity contribution in [2.45, 2.75) is 67.7 Å². The molecule has 0 spiro atoms. The van der Waals surface area contributed by atoms with Gasteiger partial charge in [0.05, 0.1) is 0 Å². The van der Waals surface area contributed by atoms with E-state index >= 15 is 0 Å². The second-order valence-corrected chi connectivity index (χ2v) is 5.64. The molecule has 16 heavy (non-hydrogen) atoms. The number of carbonyl (C=O) groups is 1. The normalized spacial score (nSPS) is 14.6. The summed E-state index contributed by atoms with van der Waals surface area (Å²) in [5.74, 6) is 1.66. The Bertz CT molecular complexity index is 211. The molecule has 1 atom stereocenters. The Kier molecular flexibility index (Phi) is 6.28. The van der Waals surface area contributed by atoms with Crippen LogP contribution in [-0.4, -0.2) is 5.78 Å². The maximum atomic E-state index is 12.7. The minimum atomic E-state index is -0.0923. The Morgan fingerprint density at radius 1 is 1.00 bits per heavy atom. The Morgan fingerprint density at radius 2 is 1.44 bits per heavy atom. The fourth-order valence-corrected chi connectivity index (χ4v) is 3.03. The Balaban J connectivity index is 5.14. The smallest absolute Gasteiger partial charge is 0.142 e. The zero-order valence-corrected chi connectivity index (χ0v) is 12.3. The summed E-state index contributed by atoms with van der Waals surface area (Å²) in [5.41, 5.74) is -0.0923. The third kappa shape index (κ3) is 2.87. The molecule has 0 fully saturated rings. The van der Waals surface area contributed by atoms with Crippen molar-refractivity contribution in [1.82, 2.24) is 0 Å². The molecule has 0 bridgehead atoms. The molecule has 0 aliphatic rings. The molecule has 0 heterocycles. The van der Waals surface area contributed by atoms with Crippen molar-refractivity contribution in [2.24, 2.45) is 23.2 Å². The topological polar surface area (TPSA) is 17.1 Å². The number of Topliss-reactive ketones (excluding diaryl/α,β-unsaturated/α-hetero) is 1. The lowest BCUT2D eigenvalue weighted by atomic mass is 9.64. The highest BCUT2D eigenvalue weighted by molar-refractivity contribution is 5.87. The molecule has 1 nitrogen and oxygen atoms in total. The highest BCUT2D eigenvalue weighted by Gasteiger charge is 2.41. The zero-order valence-electron chi connectivity index (χ0n) is 12.3. The van der Waals surface area contributed by atoms with E-state index < -0.39 is 0 Å². The Morgan fingerprint density at radius 3 is 1.62 bits per heavy atom. The van der Waals surface area contributed by atoms with E-state index in [2.05, 4.69) is 48.5 Å². The van der Waals surface area contributed by atoms with Gasteiger partial charge in [-0.3, -0.25) is 4.79 Å². The molecule has 0 saturated carbocycles. The summed E-state index contributed by atoms with van der Waals surface area (Å²) in [7, 11) is 0. The van der Waals surface area contributed by atoms with Gasteiger partial charge in [-0.25, -0.2) is 0 Å². The van der Waals surface area contributed by atoms with Crippen LogP contribution in [0.1, 0.15) is 67.7 Å². The van der Waals surface area contributed by atoms with Crippen LogP contribution < -0.4 is 0 Å². The molecular formula is C15H30O. The monoisotopic (exact) mass is 226 g/mol. The molecule has 0 saturated heterocycles. The van der Waals surface area contributed by atoms with Crippen molar-refractivity contribution in [3.8, 4) is 0 Å². The van der Waals surface area contributed by atoms with Gasteiger partial charge in [-0.15, -0.1) is 0 Å². The van der Waals surface area contributed by atoms with Gasteiger partial charge >= 0.3 is 0 Å². The van der Waals surface area contributed by atoms with Crippen molar-refractivity contribution < 1.29 is 4.79 Å². The fraction of sp³-hybridized carbons (Fsp3) is 0.933. The standard InChI is InChI=1S/C15H30O/c1-8-13(11(4)5)14(16)15(9-2,10-3)12(6)7/h11-13H,8-10H2,1-7H3. The van der Waals surface area contributed by atoms with Crippen LogP contribution in [0.5, 0.6) is 0 Å². The molecule has 1 heteroatoms. The third-order valence-electron chi connectivity index (χ3n) is 4.44. The summed E-state index contributed by atoms with van der Waals surface area (Å²) in [4.78, 5) is 12.7. The van der Waals surface area contributed by atoms with Crippen LogP contribution in [0.25, 0.3) is 0 Å². The lowest BCUT2D eigenvalue weighted by molar-refractivity contribution is -0.137. The third-order valence-corrected chi connectivity index (χ3v) is 4.44. The quantitative estimate of drug-likeness (QED) is 0.615. The number of carbonyl (C=O) groups excluding carboxylic acids is 1. The van der Waals surface area contributed by atoms with Gasteiger partial charge < -0.3 is 0 Å². The molecule has 0 aliphatic heterocycles. The molecule has 1 unspecified atom stereocenters. The van der Waals surface area contributed by atoms with E-state index in [0.29, 0.717) is 17.6 Å². The molecule has 0 aromatic heterocycles. The van der Waals surface area contributed by atoms with Crippen LogP contribution in [0, 0.1) is 23.2 Å². The van der Waals surface area contributed by atoms with Gasteiger partial charge in [0.25, 0.3) is 0 Å². The van der Waals surface area contributed by atoms with Crippen LogP contribution in [0.3, 0.4) is 0 Å². The van der Waals surface area contributed by atoms with Gasteiger partial charge in [0.2, 0.25) is 0 Å². The summed E-state index contributed by atoms with van der Waals surface area (Å²) in [5, 5.41) is 0. The first kappa shape index (κ1) is 15.7. The van der Waals surface area contributed by atoms with Crippen molar-refractivity contribution in [3.63, 3.8) is 0 Å². The number of hydrogen-bond acceptors (Lipinski definition) is 1. The number of ketones is 1. The van der Waals surface area contributed by atoms with Gasteiger partial charge in [0, 0.05) is 11.3 Å². The summed E-state index contributed by atoms with van der Waals surface area (Å²) >= 11 is 0. The Labute approximate surface area is 102 Å². The highest BCUT2D eigenvalue weighted by Crippen LogP contribution is 2.40. The van der Waals surface area contributed by atoms with Crippen LogP contribution in [0.15, 0.2) is 0 Å².